The molecule has 0 amide bonds. The van der Waals surface area contributed by atoms with Gasteiger partial charge >= 0.3 is 7.12 Å². The Morgan fingerprint density at radius 2 is 0.778 bits per heavy atom. The molecule has 2 N–H and O–H groups in total. The third kappa shape index (κ3) is 10.7. The SMILES string of the molecule is Clc1cc(Cl)nc(-c2ccccc2)n1.[2H]c1c([2H])c([2H])c(-c2c([2H])c([2H])c(-c3cc(Cl)nc(-c4ccccc4)n3)c([2H])c2[2H])c([2H])c1[2H].[2H]c1c([2H])c([2H])c(-c2c([2H])c([2H])c(B(O)O)c([2H])c2[2H])c([2H])c1[2H]. The molecule has 0 atom stereocenters. The summed E-state index contributed by atoms with van der Waals surface area (Å²) in [5.74, 6) is 0.776. The van der Waals surface area contributed by atoms with Crippen LogP contribution in [0.2, 0.25) is 15.5 Å². The van der Waals surface area contributed by atoms with Gasteiger partial charge in [0, 0.05) is 28.8 Å². The van der Waals surface area contributed by atoms with Gasteiger partial charge in [-0.25, -0.2) is 19.9 Å². The van der Waals surface area contributed by atoms with E-state index in [1.165, 1.54) is 12.1 Å². The van der Waals surface area contributed by atoms with Crippen molar-refractivity contribution in [3.8, 4) is 56.3 Å². The van der Waals surface area contributed by atoms with Crippen LogP contribution in [-0.4, -0.2) is 37.1 Å². The first-order valence-corrected chi connectivity index (χ1v) is 16.5. The predicted molar refractivity (Wildman–Crippen MR) is 223 cm³/mol. The Hall–Kier alpha value is -5.67. The lowest BCUT2D eigenvalue weighted by molar-refractivity contribution is 0.426. The maximum absolute atomic E-state index is 9.22. The highest BCUT2D eigenvalue weighted by molar-refractivity contribution is 6.58. The van der Waals surface area contributed by atoms with Crippen LogP contribution in [0, 0.1) is 0 Å². The van der Waals surface area contributed by atoms with E-state index in [-0.39, 0.29) is 27.8 Å². The van der Waals surface area contributed by atoms with Gasteiger partial charge in [0.05, 0.1) is 30.4 Å². The summed E-state index contributed by atoms with van der Waals surface area (Å²) in [5.41, 5.74) is -0.964. The number of halogens is 3. The molecule has 8 rings (SSSR count). The van der Waals surface area contributed by atoms with Gasteiger partial charge in [-0.15, -0.1) is 0 Å². The molecular formula is C44H32BCl3N4O2. The van der Waals surface area contributed by atoms with E-state index >= 15 is 0 Å². The molecule has 264 valence electrons. The molecule has 0 saturated carbocycles. The smallest absolute Gasteiger partial charge is 0.423 e. The Bertz CT molecular complexity index is 3310. The van der Waals surface area contributed by atoms with E-state index in [0.29, 0.717) is 21.7 Å². The van der Waals surface area contributed by atoms with Gasteiger partial charge in [-0.2, -0.15) is 0 Å². The summed E-state index contributed by atoms with van der Waals surface area (Å²) in [6.07, 6.45) is 0. The quantitative estimate of drug-likeness (QED) is 0.129. The molecule has 54 heavy (non-hydrogen) atoms. The summed E-state index contributed by atoms with van der Waals surface area (Å²) in [7, 11) is -2.24. The minimum absolute atomic E-state index is 0.0374. The average molecular weight is 784 g/mol. The molecule has 2 aromatic heterocycles. The second-order valence-corrected chi connectivity index (χ2v) is 11.5. The molecule has 0 aliphatic rings. The molecule has 0 unspecified atom stereocenters. The minimum atomic E-state index is -2.24. The number of rotatable bonds is 6. The third-order valence-corrected chi connectivity index (χ3v) is 7.29. The fraction of sp³-hybridized carbons (Fsp3) is 0. The van der Waals surface area contributed by atoms with E-state index in [1.54, 1.807) is 24.3 Å². The van der Waals surface area contributed by atoms with Crippen molar-refractivity contribution in [2.75, 3.05) is 0 Å². The summed E-state index contributed by atoms with van der Waals surface area (Å²) >= 11 is 17.7. The van der Waals surface area contributed by atoms with E-state index < -0.39 is 138 Å². The summed E-state index contributed by atoms with van der Waals surface area (Å²) in [6, 6.07) is 9.77. The monoisotopic (exact) mass is 782 g/mol. The highest BCUT2D eigenvalue weighted by Crippen LogP contribution is 2.27. The highest BCUT2D eigenvalue weighted by Gasteiger charge is 2.10. The van der Waals surface area contributed by atoms with Gasteiger partial charge in [-0.3, -0.25) is 0 Å². The van der Waals surface area contributed by atoms with Crippen molar-refractivity contribution < 1.29 is 34.7 Å². The predicted octanol–water partition coefficient (Wildman–Crippen LogP) is 10.6. The van der Waals surface area contributed by atoms with Gasteiger partial charge in [0.25, 0.3) is 0 Å². The first kappa shape index (κ1) is 21.3. The molecule has 2 heterocycles. The zero-order chi connectivity index (χ0) is 53.4. The van der Waals surface area contributed by atoms with Crippen LogP contribution in [0.5, 0.6) is 0 Å². The first-order valence-electron chi connectivity index (χ1n) is 24.4. The first-order chi connectivity index (χ1) is 33.8. The molecule has 6 nitrogen and oxygen atoms in total. The van der Waals surface area contributed by atoms with E-state index in [9.17, 15) is 10.0 Å². The van der Waals surface area contributed by atoms with Crippen LogP contribution in [0.4, 0.5) is 0 Å². The molecule has 0 aliphatic heterocycles. The second kappa shape index (κ2) is 18.9. The zero-order valence-electron chi connectivity index (χ0n) is 45.3. The van der Waals surface area contributed by atoms with Crippen LogP contribution < -0.4 is 5.46 Å². The topological polar surface area (TPSA) is 92.0 Å². The van der Waals surface area contributed by atoms with Crippen LogP contribution in [0.1, 0.15) is 24.7 Å². The number of benzene rings is 6. The maximum atomic E-state index is 9.22. The average Bonchev–Trinajstić information content (AvgIpc) is 3.35. The van der Waals surface area contributed by atoms with Crippen LogP contribution in [0.25, 0.3) is 56.3 Å². The second-order valence-electron chi connectivity index (χ2n) is 10.4. The van der Waals surface area contributed by atoms with Crippen molar-refractivity contribution >= 4 is 47.4 Å². The molecule has 0 aliphatic carbocycles. The lowest BCUT2D eigenvalue weighted by Gasteiger charge is -2.07. The van der Waals surface area contributed by atoms with E-state index in [4.69, 9.17) is 59.5 Å². The highest BCUT2D eigenvalue weighted by atomic mass is 35.5. The Morgan fingerprint density at radius 3 is 1.22 bits per heavy atom. The minimum Gasteiger partial charge on any atom is -0.423 e. The van der Waals surface area contributed by atoms with Crippen molar-refractivity contribution in [3.05, 3.63) is 197 Å². The Morgan fingerprint density at radius 1 is 0.407 bits per heavy atom. The van der Waals surface area contributed by atoms with E-state index in [0.717, 1.165) is 5.56 Å². The number of hydrogen-bond acceptors (Lipinski definition) is 6. The van der Waals surface area contributed by atoms with Crippen LogP contribution >= 0.6 is 34.8 Å². The van der Waals surface area contributed by atoms with E-state index in [1.807, 2.05) is 36.4 Å². The van der Waals surface area contributed by atoms with Crippen LogP contribution in [0.3, 0.4) is 0 Å². The summed E-state index contributed by atoms with van der Waals surface area (Å²) in [4.78, 5) is 16.7. The van der Waals surface area contributed by atoms with Gasteiger partial charge in [-0.1, -0.05) is 204 Å². The van der Waals surface area contributed by atoms with Crippen molar-refractivity contribution in [2.45, 2.75) is 0 Å². The molecule has 0 radical (unpaired) electrons. The van der Waals surface area contributed by atoms with Crippen LogP contribution in [-0.2, 0) is 0 Å². The van der Waals surface area contributed by atoms with Crippen LogP contribution in [0.15, 0.2) is 182 Å². The largest absolute Gasteiger partial charge is 0.488 e. The van der Waals surface area contributed by atoms with Gasteiger partial charge in [0.1, 0.15) is 15.5 Å². The number of hydrogen-bond donors (Lipinski definition) is 2. The molecule has 6 aromatic carbocycles. The molecule has 10 heteroatoms. The molecule has 0 fully saturated rings. The number of nitrogens with zero attached hydrogens (tertiary/aromatic N) is 4. The van der Waals surface area contributed by atoms with Crippen molar-refractivity contribution in [2.24, 2.45) is 0 Å². The molecule has 8 aromatic rings. The number of aromatic nitrogens is 4. The zero-order valence-corrected chi connectivity index (χ0v) is 29.6. The molecule has 0 saturated heterocycles. The maximum Gasteiger partial charge on any atom is 0.488 e. The van der Waals surface area contributed by atoms with Gasteiger partial charge < -0.3 is 10.0 Å². The third-order valence-electron chi connectivity index (χ3n) is 6.71. The fourth-order valence-electron chi connectivity index (χ4n) is 4.26. The Balaban J connectivity index is 0.000000193. The van der Waals surface area contributed by atoms with Gasteiger partial charge in [0.15, 0.2) is 11.6 Å². The van der Waals surface area contributed by atoms with E-state index in [2.05, 4.69) is 19.9 Å². The Labute approximate surface area is 354 Å². The Kier molecular flexibility index (Phi) is 7.45. The van der Waals surface area contributed by atoms with Gasteiger partial charge in [0.2, 0.25) is 0 Å². The van der Waals surface area contributed by atoms with Crippen molar-refractivity contribution in [1.29, 1.82) is 0 Å². The summed E-state index contributed by atoms with van der Waals surface area (Å²) in [6.45, 7) is 0. The van der Waals surface area contributed by atoms with Gasteiger partial charge in [-0.05, 0) is 27.7 Å². The fourth-order valence-corrected chi connectivity index (χ4v) is 4.87. The molecule has 0 bridgehead atoms. The van der Waals surface area contributed by atoms with Crippen molar-refractivity contribution in [1.82, 2.24) is 19.9 Å². The normalized spacial score (nSPS) is 15.0. The summed E-state index contributed by atoms with van der Waals surface area (Å²) < 4.78 is 144. The summed E-state index contributed by atoms with van der Waals surface area (Å²) in [5, 5.41) is 19.2. The lowest BCUT2D eigenvalue weighted by Crippen LogP contribution is -2.29. The molecule has 0 spiro atoms. The lowest BCUT2D eigenvalue weighted by atomic mass is 9.80. The standard InChI is InChI=1S/C22H15ClN2.C12H11BO2.C10H6Cl2N2/c23-21-15-20(24-22(25-21)19-9-5-2-6-10-19)18-13-11-17(12-14-18)16-7-3-1-4-8-16;14-13(15)12-8-6-11(7-9-12)10-4-2-1-3-5-10;11-8-6-9(12)14-10(13-8)7-4-2-1-3-5-7/h1-15H;1-9,14-15H;1-6H/i1D,3D,4D,7D,8D,11D,12D,13D,14D;1D,2D,3D,4D,5D,6D,7D,8D,9D;. The molecular weight excluding hydrogens is 734 g/mol. The van der Waals surface area contributed by atoms with Crippen molar-refractivity contribution in [3.63, 3.8) is 0 Å².